The summed E-state index contributed by atoms with van der Waals surface area (Å²) >= 11 is 0. The van der Waals surface area contributed by atoms with E-state index in [1.165, 1.54) is 11.1 Å². The number of halogens is 9. The third kappa shape index (κ3) is 15.4. The molecule has 1 aliphatic heterocycles. The summed E-state index contributed by atoms with van der Waals surface area (Å²) in [5, 5.41) is 29.0. The number of anilines is 2. The Morgan fingerprint density at radius 2 is 1.27 bits per heavy atom. The number of nitrogens with one attached hydrogen (secondary N) is 1. The highest BCUT2D eigenvalue weighted by Crippen LogP contribution is 2.26. The van der Waals surface area contributed by atoms with Crippen LogP contribution in [0.3, 0.4) is 0 Å². The summed E-state index contributed by atoms with van der Waals surface area (Å²) in [4.78, 5) is 50.5. The Labute approximate surface area is 311 Å². The molecule has 22 heteroatoms. The number of rotatable bonds is 5. The number of carbonyl (C=O) groups excluding carboxylic acids is 1. The van der Waals surface area contributed by atoms with Crippen LogP contribution < -0.4 is 10.2 Å². The largest absolute Gasteiger partial charge is 0.490 e. The van der Waals surface area contributed by atoms with Crippen molar-refractivity contribution in [3.05, 3.63) is 83.8 Å². The molecule has 0 saturated carbocycles. The number of benzene rings is 1. The van der Waals surface area contributed by atoms with E-state index in [1.807, 2.05) is 54.9 Å². The summed E-state index contributed by atoms with van der Waals surface area (Å²) in [5.41, 5.74) is 3.87. The lowest BCUT2D eigenvalue weighted by Gasteiger charge is -2.32. The van der Waals surface area contributed by atoms with Crippen LogP contribution in [0.25, 0.3) is 5.65 Å². The molecule has 0 radical (unpaired) electrons. The van der Waals surface area contributed by atoms with Gasteiger partial charge in [0.2, 0.25) is 0 Å². The molecule has 4 heterocycles. The zero-order valence-electron chi connectivity index (χ0n) is 29.6. The molecule has 1 saturated heterocycles. The van der Waals surface area contributed by atoms with E-state index in [4.69, 9.17) is 34.8 Å². The van der Waals surface area contributed by atoms with E-state index < -0.39 is 36.4 Å². The lowest BCUT2D eigenvalue weighted by molar-refractivity contribution is -0.193. The first-order chi connectivity index (χ1) is 25.7. The lowest BCUT2D eigenvalue weighted by atomic mass is 9.87. The lowest BCUT2D eigenvalue weighted by Crippen LogP contribution is -2.35. The molecule has 0 unspecified atom stereocenters. The average molecular weight is 811 g/mol. The van der Waals surface area contributed by atoms with E-state index in [-0.39, 0.29) is 11.3 Å². The SMILES string of the molecule is CC(C)(C)c1ccc(C(=O)Nc2cn3nc(N4CCC(Cc5cccnc5)CC4)ccc3n2)cc1.O=C(O)C(F)(F)F.O=C(O)C(F)(F)F.O=C(O)C(F)(F)F. The van der Waals surface area contributed by atoms with Crippen LogP contribution in [0, 0.1) is 5.92 Å². The van der Waals surface area contributed by atoms with Gasteiger partial charge in [-0.05, 0) is 72.1 Å². The molecule has 0 bridgehead atoms. The average Bonchev–Trinajstić information content (AvgIpc) is 3.50. The topological polar surface area (TPSA) is 187 Å². The van der Waals surface area contributed by atoms with Crippen molar-refractivity contribution < 1.29 is 74.0 Å². The van der Waals surface area contributed by atoms with Gasteiger partial charge in [-0.2, -0.15) is 39.5 Å². The third-order valence-corrected chi connectivity index (χ3v) is 7.47. The van der Waals surface area contributed by atoms with Crippen molar-refractivity contribution in [3.63, 3.8) is 0 Å². The molecule has 56 heavy (non-hydrogen) atoms. The Bertz CT molecular complexity index is 1860. The summed E-state index contributed by atoms with van der Waals surface area (Å²) in [6.07, 6.45) is -6.34. The van der Waals surface area contributed by atoms with Crippen molar-refractivity contribution in [1.82, 2.24) is 19.6 Å². The fourth-order valence-electron chi connectivity index (χ4n) is 4.63. The smallest absolute Gasteiger partial charge is 0.475 e. The Kier molecular flexibility index (Phi) is 15.7. The van der Waals surface area contributed by atoms with Crippen LogP contribution in [0.5, 0.6) is 0 Å². The number of alkyl halides is 9. The van der Waals surface area contributed by atoms with Crippen molar-refractivity contribution in [3.8, 4) is 0 Å². The van der Waals surface area contributed by atoms with Gasteiger partial charge in [0.25, 0.3) is 5.91 Å². The number of piperidine rings is 1. The number of carboxylic acids is 3. The maximum atomic E-state index is 12.7. The Balaban J connectivity index is 0.000000423. The molecule has 3 aromatic heterocycles. The van der Waals surface area contributed by atoms with Crippen LogP contribution >= 0.6 is 0 Å². The molecular formula is C34H35F9N6O7. The number of hydrogen-bond acceptors (Lipinski definition) is 8. The second-order valence-electron chi connectivity index (χ2n) is 12.8. The van der Waals surface area contributed by atoms with Crippen molar-refractivity contribution >= 4 is 41.1 Å². The molecule has 5 rings (SSSR count). The first kappa shape index (κ1) is 46.2. The van der Waals surface area contributed by atoms with Crippen molar-refractivity contribution in [2.45, 2.75) is 64.0 Å². The summed E-state index contributed by atoms with van der Waals surface area (Å²) in [6.45, 7) is 8.43. The highest BCUT2D eigenvalue weighted by Gasteiger charge is 2.39. The number of carboxylic acid groups (broad SMARTS) is 3. The number of aliphatic carboxylic acids is 3. The van der Waals surface area contributed by atoms with Gasteiger partial charge in [-0.15, -0.1) is 5.10 Å². The Morgan fingerprint density at radius 1 is 0.768 bits per heavy atom. The van der Waals surface area contributed by atoms with Crippen LogP contribution in [0.15, 0.2) is 67.1 Å². The van der Waals surface area contributed by atoms with Gasteiger partial charge in [0.15, 0.2) is 11.5 Å². The fraction of sp³-hybridized carbons (Fsp3) is 0.382. The maximum Gasteiger partial charge on any atom is 0.490 e. The molecule has 306 valence electrons. The fourth-order valence-corrected chi connectivity index (χ4v) is 4.63. The van der Waals surface area contributed by atoms with Gasteiger partial charge >= 0.3 is 36.4 Å². The zero-order valence-corrected chi connectivity index (χ0v) is 29.6. The molecular weight excluding hydrogens is 775 g/mol. The minimum absolute atomic E-state index is 0.0502. The predicted molar refractivity (Wildman–Crippen MR) is 180 cm³/mol. The number of aromatic nitrogens is 4. The first-order valence-electron chi connectivity index (χ1n) is 16.0. The van der Waals surface area contributed by atoms with Crippen molar-refractivity contribution in [2.75, 3.05) is 23.3 Å². The molecule has 0 atom stereocenters. The van der Waals surface area contributed by atoms with Gasteiger partial charge in [0.05, 0.1) is 6.20 Å². The normalized spacial score (nSPS) is 13.5. The van der Waals surface area contributed by atoms with E-state index in [2.05, 4.69) is 47.0 Å². The number of carbonyl (C=O) groups is 4. The summed E-state index contributed by atoms with van der Waals surface area (Å²) in [7, 11) is 0. The molecule has 1 aliphatic rings. The molecule has 13 nitrogen and oxygen atoms in total. The standard InChI is InChI=1S/C28H32N6O.3C2HF3O2/c1-28(2,3)23-8-6-22(7-9-23)27(35)31-24-19-34-25(30-24)10-11-26(32-34)33-15-12-20(13-16-33)17-21-5-4-14-29-18-21;3*3-2(4,5)1(6)7/h4-11,14,18-20H,12-13,15-17H2,1-3H3,(H,31,35);3*(H,6,7). The summed E-state index contributed by atoms with van der Waals surface area (Å²) in [6, 6.07) is 15.9. The van der Waals surface area contributed by atoms with E-state index in [0.29, 0.717) is 22.9 Å². The number of fused-ring (bicyclic) bond motifs is 1. The van der Waals surface area contributed by atoms with Gasteiger partial charge < -0.3 is 25.5 Å². The monoisotopic (exact) mass is 810 g/mol. The summed E-state index contributed by atoms with van der Waals surface area (Å²) in [5.74, 6) is -6.34. The molecule has 4 N–H and O–H groups in total. The molecule has 1 fully saturated rings. The number of pyridine rings is 1. The molecule has 0 spiro atoms. The molecule has 4 aromatic rings. The van der Waals surface area contributed by atoms with E-state index >= 15 is 0 Å². The highest BCUT2D eigenvalue weighted by atomic mass is 19.4. The quantitative estimate of drug-likeness (QED) is 0.152. The predicted octanol–water partition coefficient (Wildman–Crippen LogP) is 7.03. The Morgan fingerprint density at radius 3 is 1.70 bits per heavy atom. The van der Waals surface area contributed by atoms with Crippen LogP contribution in [0.1, 0.15) is 55.1 Å². The van der Waals surface area contributed by atoms with E-state index in [9.17, 15) is 44.3 Å². The number of nitrogens with zero attached hydrogens (tertiary/aromatic N) is 5. The van der Waals surface area contributed by atoms with Crippen LogP contribution in [-0.2, 0) is 26.2 Å². The van der Waals surface area contributed by atoms with Crippen molar-refractivity contribution in [1.29, 1.82) is 0 Å². The van der Waals surface area contributed by atoms with Crippen LogP contribution in [0.4, 0.5) is 51.1 Å². The Hall–Kier alpha value is -5.96. The third-order valence-electron chi connectivity index (χ3n) is 7.47. The van der Waals surface area contributed by atoms with Gasteiger partial charge in [0.1, 0.15) is 5.82 Å². The number of hydrogen-bond donors (Lipinski definition) is 4. The maximum absolute atomic E-state index is 12.7. The highest BCUT2D eigenvalue weighted by molar-refractivity contribution is 6.03. The number of imidazole rings is 1. The van der Waals surface area contributed by atoms with Gasteiger partial charge in [-0.25, -0.2) is 23.9 Å². The zero-order chi connectivity index (χ0) is 42.6. The van der Waals surface area contributed by atoms with Gasteiger partial charge in [0, 0.05) is 31.0 Å². The van der Waals surface area contributed by atoms with Gasteiger partial charge in [-0.1, -0.05) is 39.0 Å². The summed E-state index contributed by atoms with van der Waals surface area (Å²) < 4.78 is 97.0. The van der Waals surface area contributed by atoms with Crippen molar-refractivity contribution in [2.24, 2.45) is 5.92 Å². The minimum atomic E-state index is -5.08. The minimum Gasteiger partial charge on any atom is -0.475 e. The number of amides is 1. The molecule has 1 amide bonds. The second-order valence-corrected chi connectivity index (χ2v) is 12.8. The van der Waals surface area contributed by atoms with Crippen LogP contribution in [-0.4, -0.2) is 90.3 Å². The molecule has 1 aromatic carbocycles. The second kappa shape index (κ2) is 19.1. The first-order valence-corrected chi connectivity index (χ1v) is 16.0. The van der Waals surface area contributed by atoms with E-state index in [0.717, 1.165) is 38.2 Å². The van der Waals surface area contributed by atoms with E-state index in [1.54, 1.807) is 10.7 Å². The molecule has 0 aliphatic carbocycles. The van der Waals surface area contributed by atoms with Crippen LogP contribution in [0.2, 0.25) is 0 Å². The van der Waals surface area contributed by atoms with Gasteiger partial charge in [-0.3, -0.25) is 9.78 Å².